The van der Waals surface area contributed by atoms with Crippen molar-refractivity contribution < 1.29 is 4.79 Å². The molecule has 5 nitrogen and oxygen atoms in total. The van der Waals surface area contributed by atoms with E-state index in [0.29, 0.717) is 13.1 Å². The summed E-state index contributed by atoms with van der Waals surface area (Å²) < 4.78 is 2.25. The topological polar surface area (TPSA) is 45.6 Å². The third-order valence-corrected chi connectivity index (χ3v) is 5.15. The smallest absolute Gasteiger partial charge is 0.250 e. The molecule has 3 rings (SSSR count). The van der Waals surface area contributed by atoms with Crippen molar-refractivity contribution in [2.75, 3.05) is 26.2 Å². The van der Waals surface area contributed by atoms with Crippen LogP contribution >= 0.6 is 22.9 Å². The Hall–Kier alpha value is -1.63. The minimum atomic E-state index is -0.144. The molecule has 0 spiro atoms. The van der Waals surface area contributed by atoms with Gasteiger partial charge >= 0.3 is 0 Å². The molecule has 2 aromatic heterocycles. The maximum atomic E-state index is 12.3. The minimum Gasteiger partial charge on any atom is -0.339 e. The van der Waals surface area contributed by atoms with E-state index in [1.54, 1.807) is 29.7 Å². The van der Waals surface area contributed by atoms with Crippen LogP contribution in [0.1, 0.15) is 4.88 Å². The SMILES string of the molecule is O=C(Cn1ccccc1=O)N1CCN(Cc2ccc(Cl)s2)CC1. The molecular weight excluding hydrogens is 334 g/mol. The van der Waals surface area contributed by atoms with Crippen molar-refractivity contribution in [3.05, 3.63) is 56.1 Å². The zero-order chi connectivity index (χ0) is 16.2. The lowest BCUT2D eigenvalue weighted by molar-refractivity contribution is -0.133. The normalized spacial score (nSPS) is 15.8. The maximum Gasteiger partial charge on any atom is 0.250 e. The van der Waals surface area contributed by atoms with Gasteiger partial charge in [-0.3, -0.25) is 14.5 Å². The van der Waals surface area contributed by atoms with Gasteiger partial charge in [0, 0.05) is 49.9 Å². The van der Waals surface area contributed by atoms with Crippen molar-refractivity contribution >= 4 is 28.8 Å². The van der Waals surface area contributed by atoms with Crippen LogP contribution in [0.4, 0.5) is 0 Å². The standard InChI is InChI=1S/C16H18ClN3O2S/c17-14-5-4-13(23-14)11-18-7-9-19(10-8-18)16(22)12-20-6-2-1-3-15(20)21/h1-6H,7-12H2. The van der Waals surface area contributed by atoms with Gasteiger partial charge in [-0.15, -0.1) is 11.3 Å². The molecule has 1 saturated heterocycles. The first-order valence-electron chi connectivity index (χ1n) is 7.51. The van der Waals surface area contributed by atoms with Crippen LogP contribution in [0.3, 0.4) is 0 Å². The molecule has 23 heavy (non-hydrogen) atoms. The number of thiophene rings is 1. The molecule has 122 valence electrons. The molecule has 1 aliphatic heterocycles. The zero-order valence-corrected chi connectivity index (χ0v) is 14.2. The number of hydrogen-bond acceptors (Lipinski definition) is 4. The fourth-order valence-electron chi connectivity index (χ4n) is 2.65. The predicted molar refractivity (Wildman–Crippen MR) is 91.9 cm³/mol. The lowest BCUT2D eigenvalue weighted by atomic mass is 10.3. The predicted octanol–water partition coefficient (Wildman–Crippen LogP) is 1.91. The quantitative estimate of drug-likeness (QED) is 0.845. The van der Waals surface area contributed by atoms with Crippen molar-refractivity contribution in [2.24, 2.45) is 0 Å². The van der Waals surface area contributed by atoms with Crippen molar-refractivity contribution in [3.63, 3.8) is 0 Å². The Morgan fingerprint density at radius 2 is 1.91 bits per heavy atom. The fraction of sp³-hybridized carbons (Fsp3) is 0.375. The van der Waals surface area contributed by atoms with Crippen molar-refractivity contribution in [1.29, 1.82) is 0 Å². The largest absolute Gasteiger partial charge is 0.339 e. The molecule has 1 amide bonds. The molecule has 1 aliphatic rings. The average Bonchev–Trinajstić information content (AvgIpc) is 2.95. The second-order valence-corrected chi connectivity index (χ2v) is 7.33. The highest BCUT2D eigenvalue weighted by Crippen LogP contribution is 2.23. The number of carbonyl (C=O) groups is 1. The summed E-state index contributed by atoms with van der Waals surface area (Å²) in [5.74, 6) is -0.00267. The van der Waals surface area contributed by atoms with E-state index in [-0.39, 0.29) is 18.0 Å². The summed E-state index contributed by atoms with van der Waals surface area (Å²) in [6, 6.07) is 8.88. The van der Waals surface area contributed by atoms with Gasteiger partial charge in [0.1, 0.15) is 6.54 Å². The van der Waals surface area contributed by atoms with Gasteiger partial charge in [0.25, 0.3) is 5.56 Å². The van der Waals surface area contributed by atoms with E-state index in [2.05, 4.69) is 4.90 Å². The van der Waals surface area contributed by atoms with Crippen molar-refractivity contribution in [3.8, 4) is 0 Å². The molecular formula is C16H18ClN3O2S. The molecule has 0 aromatic carbocycles. The van der Waals surface area contributed by atoms with Gasteiger partial charge in [0.2, 0.25) is 5.91 Å². The average molecular weight is 352 g/mol. The summed E-state index contributed by atoms with van der Waals surface area (Å²) in [4.78, 5) is 29.4. The summed E-state index contributed by atoms with van der Waals surface area (Å²) in [5.41, 5.74) is -0.144. The Morgan fingerprint density at radius 1 is 1.13 bits per heavy atom. The number of nitrogens with zero attached hydrogens (tertiary/aromatic N) is 3. The third-order valence-electron chi connectivity index (χ3n) is 3.94. The molecule has 1 fully saturated rings. The molecule has 0 radical (unpaired) electrons. The van der Waals surface area contributed by atoms with E-state index in [0.717, 1.165) is 24.0 Å². The second kappa shape index (κ2) is 7.29. The number of carbonyl (C=O) groups excluding carboxylic acids is 1. The first-order valence-corrected chi connectivity index (χ1v) is 8.71. The van der Waals surface area contributed by atoms with E-state index in [9.17, 15) is 9.59 Å². The molecule has 0 aliphatic carbocycles. The molecule has 0 saturated carbocycles. The van der Waals surface area contributed by atoms with E-state index in [4.69, 9.17) is 11.6 Å². The van der Waals surface area contributed by atoms with Crippen molar-refractivity contribution in [1.82, 2.24) is 14.4 Å². The monoisotopic (exact) mass is 351 g/mol. The zero-order valence-electron chi connectivity index (χ0n) is 12.7. The number of piperazine rings is 1. The van der Waals surface area contributed by atoms with Gasteiger partial charge in [-0.2, -0.15) is 0 Å². The van der Waals surface area contributed by atoms with E-state index in [1.165, 1.54) is 15.5 Å². The minimum absolute atomic E-state index is 0.00267. The lowest BCUT2D eigenvalue weighted by Crippen LogP contribution is -2.49. The number of pyridine rings is 1. The first-order chi connectivity index (χ1) is 11.1. The van der Waals surface area contributed by atoms with Gasteiger partial charge in [-0.25, -0.2) is 0 Å². The van der Waals surface area contributed by atoms with E-state index < -0.39 is 0 Å². The fourth-order valence-corrected chi connectivity index (χ4v) is 3.78. The second-order valence-electron chi connectivity index (χ2n) is 5.53. The molecule has 0 bridgehead atoms. The van der Waals surface area contributed by atoms with Gasteiger partial charge in [0.15, 0.2) is 0 Å². The highest BCUT2D eigenvalue weighted by Gasteiger charge is 2.21. The Bertz CT molecular complexity index is 735. The Balaban J connectivity index is 1.51. The summed E-state index contributed by atoms with van der Waals surface area (Å²) in [5, 5.41) is 0. The van der Waals surface area contributed by atoms with Crippen molar-refractivity contribution in [2.45, 2.75) is 13.1 Å². The van der Waals surface area contributed by atoms with Crippen LogP contribution in [0.5, 0.6) is 0 Å². The van der Waals surface area contributed by atoms with Gasteiger partial charge in [-0.05, 0) is 18.2 Å². The summed E-state index contributed by atoms with van der Waals surface area (Å²) in [6.45, 7) is 4.05. The van der Waals surface area contributed by atoms with Gasteiger partial charge < -0.3 is 9.47 Å². The molecule has 0 unspecified atom stereocenters. The Labute approximate surface area is 143 Å². The van der Waals surface area contributed by atoms with Crippen LogP contribution < -0.4 is 5.56 Å². The van der Waals surface area contributed by atoms with E-state index in [1.807, 2.05) is 17.0 Å². The molecule has 0 atom stereocenters. The van der Waals surface area contributed by atoms with Crippen LogP contribution in [-0.4, -0.2) is 46.5 Å². The van der Waals surface area contributed by atoms with Crippen LogP contribution in [0.15, 0.2) is 41.3 Å². The first kappa shape index (κ1) is 16.2. The van der Waals surface area contributed by atoms with Crippen LogP contribution in [0, 0.1) is 0 Å². The number of hydrogen-bond donors (Lipinski definition) is 0. The van der Waals surface area contributed by atoms with Crippen LogP contribution in [-0.2, 0) is 17.9 Å². The lowest BCUT2D eigenvalue weighted by Gasteiger charge is -2.34. The highest BCUT2D eigenvalue weighted by molar-refractivity contribution is 7.16. The molecule has 2 aromatic rings. The third kappa shape index (κ3) is 4.22. The number of rotatable bonds is 4. The molecule has 3 heterocycles. The Morgan fingerprint density at radius 3 is 2.57 bits per heavy atom. The maximum absolute atomic E-state index is 12.3. The van der Waals surface area contributed by atoms with Gasteiger partial charge in [0.05, 0.1) is 4.34 Å². The van der Waals surface area contributed by atoms with Gasteiger partial charge in [-0.1, -0.05) is 17.7 Å². The summed E-state index contributed by atoms with van der Waals surface area (Å²) >= 11 is 7.55. The highest BCUT2D eigenvalue weighted by atomic mass is 35.5. The summed E-state index contributed by atoms with van der Waals surface area (Å²) in [6.07, 6.45) is 1.65. The van der Waals surface area contributed by atoms with Crippen LogP contribution in [0.2, 0.25) is 4.34 Å². The summed E-state index contributed by atoms with van der Waals surface area (Å²) in [7, 11) is 0. The van der Waals surface area contributed by atoms with E-state index >= 15 is 0 Å². The molecule has 0 N–H and O–H groups in total. The number of aromatic nitrogens is 1. The number of halogens is 1. The number of amides is 1. The molecule has 7 heteroatoms. The van der Waals surface area contributed by atoms with Crippen LogP contribution in [0.25, 0.3) is 0 Å². The Kier molecular flexibility index (Phi) is 5.15.